The van der Waals surface area contributed by atoms with Gasteiger partial charge in [-0.2, -0.15) is 0 Å². The zero-order chi connectivity index (χ0) is 9.30. The number of hydrogen-bond donors (Lipinski definition) is 0. The molecule has 1 aromatic rings. The van der Waals surface area contributed by atoms with Crippen LogP contribution in [0.2, 0.25) is 0 Å². The van der Waals surface area contributed by atoms with Gasteiger partial charge in [-0.15, -0.1) is 0 Å². The molecule has 0 radical (unpaired) electrons. The van der Waals surface area contributed by atoms with E-state index in [-0.39, 0.29) is 11.1 Å². The number of rotatable bonds is 1. The molecule has 0 fully saturated rings. The lowest BCUT2D eigenvalue weighted by Crippen LogP contribution is -2.12. The van der Waals surface area contributed by atoms with Crippen LogP contribution in [0.5, 0.6) is 0 Å². The first-order valence-electron chi connectivity index (χ1n) is 3.48. The standard InChI is InChI=1S/C8H9F2NO/c1-5-3-6(12)4-7(8(9)10)11(5)2/h3-4,8H,1-2H3. The fourth-order valence-electron chi connectivity index (χ4n) is 1.000. The molecule has 1 rings (SSSR count). The van der Waals surface area contributed by atoms with Gasteiger partial charge in [-0.05, 0) is 6.92 Å². The molecular formula is C8H9F2NO. The summed E-state index contributed by atoms with van der Waals surface area (Å²) in [7, 11) is 1.51. The van der Waals surface area contributed by atoms with Crippen molar-refractivity contribution in [3.63, 3.8) is 0 Å². The Morgan fingerprint density at radius 1 is 1.42 bits per heavy atom. The van der Waals surface area contributed by atoms with Crippen LogP contribution in [0.1, 0.15) is 17.8 Å². The van der Waals surface area contributed by atoms with Gasteiger partial charge in [0, 0.05) is 24.9 Å². The number of aryl methyl sites for hydroxylation is 1. The molecule has 4 heteroatoms. The molecule has 0 aliphatic rings. The molecule has 0 bridgehead atoms. The monoisotopic (exact) mass is 173 g/mol. The van der Waals surface area contributed by atoms with Gasteiger partial charge in [-0.3, -0.25) is 4.79 Å². The van der Waals surface area contributed by atoms with Gasteiger partial charge < -0.3 is 4.57 Å². The van der Waals surface area contributed by atoms with Crippen molar-refractivity contribution >= 4 is 0 Å². The summed E-state index contributed by atoms with van der Waals surface area (Å²) in [6, 6.07) is 2.28. The van der Waals surface area contributed by atoms with Crippen LogP contribution in [0.25, 0.3) is 0 Å². The highest BCUT2D eigenvalue weighted by Gasteiger charge is 2.11. The molecule has 0 N–H and O–H groups in total. The molecular weight excluding hydrogens is 164 g/mol. The Balaban J connectivity index is 3.38. The van der Waals surface area contributed by atoms with E-state index in [1.165, 1.54) is 17.7 Å². The first-order chi connectivity index (χ1) is 5.52. The van der Waals surface area contributed by atoms with Crippen LogP contribution in [-0.2, 0) is 7.05 Å². The second kappa shape index (κ2) is 3.05. The number of halogens is 2. The van der Waals surface area contributed by atoms with Crippen molar-refractivity contribution in [3.05, 3.63) is 33.7 Å². The van der Waals surface area contributed by atoms with Crippen molar-refractivity contribution in [3.8, 4) is 0 Å². The quantitative estimate of drug-likeness (QED) is 0.632. The predicted octanol–water partition coefficient (Wildman–Crippen LogP) is 1.63. The van der Waals surface area contributed by atoms with Crippen LogP contribution in [0.15, 0.2) is 16.9 Å². The van der Waals surface area contributed by atoms with Crippen molar-refractivity contribution in [2.45, 2.75) is 13.3 Å². The Kier molecular flexibility index (Phi) is 2.26. The summed E-state index contributed by atoms with van der Waals surface area (Å²) in [5.74, 6) is 0. The number of nitrogens with zero attached hydrogens (tertiary/aromatic N) is 1. The molecule has 0 amide bonds. The van der Waals surface area contributed by atoms with E-state index in [0.717, 1.165) is 6.07 Å². The highest BCUT2D eigenvalue weighted by molar-refractivity contribution is 5.13. The number of alkyl halides is 2. The van der Waals surface area contributed by atoms with E-state index in [0.29, 0.717) is 5.69 Å². The van der Waals surface area contributed by atoms with E-state index in [1.54, 1.807) is 6.92 Å². The van der Waals surface area contributed by atoms with E-state index in [1.807, 2.05) is 0 Å². The maximum atomic E-state index is 12.2. The van der Waals surface area contributed by atoms with Gasteiger partial charge in [0.25, 0.3) is 6.43 Å². The minimum absolute atomic E-state index is 0.236. The fraction of sp³-hybridized carbons (Fsp3) is 0.375. The van der Waals surface area contributed by atoms with Crippen molar-refractivity contribution in [2.75, 3.05) is 0 Å². The third-order valence-electron chi connectivity index (χ3n) is 1.78. The van der Waals surface area contributed by atoms with E-state index in [2.05, 4.69) is 0 Å². The molecule has 1 heterocycles. The predicted molar refractivity (Wildman–Crippen MR) is 41.4 cm³/mol. The van der Waals surface area contributed by atoms with Crippen molar-refractivity contribution in [1.82, 2.24) is 4.57 Å². The van der Waals surface area contributed by atoms with Gasteiger partial charge in [0.15, 0.2) is 5.43 Å². The number of pyridine rings is 1. The van der Waals surface area contributed by atoms with Crippen LogP contribution in [0, 0.1) is 6.92 Å². The highest BCUT2D eigenvalue weighted by atomic mass is 19.3. The van der Waals surface area contributed by atoms with E-state index < -0.39 is 6.43 Å². The maximum Gasteiger partial charge on any atom is 0.278 e. The smallest absolute Gasteiger partial charge is 0.278 e. The largest absolute Gasteiger partial charge is 0.347 e. The minimum Gasteiger partial charge on any atom is -0.347 e. The molecule has 0 aromatic carbocycles. The van der Waals surface area contributed by atoms with Gasteiger partial charge in [0.2, 0.25) is 0 Å². The summed E-state index contributed by atoms with van der Waals surface area (Å²) in [5, 5.41) is 0. The molecule has 0 aliphatic carbocycles. The normalized spacial score (nSPS) is 10.8. The molecule has 1 aromatic heterocycles. The average Bonchev–Trinajstić information content (AvgIpc) is 1.96. The second-order valence-corrected chi connectivity index (χ2v) is 2.62. The van der Waals surface area contributed by atoms with Crippen LogP contribution in [-0.4, -0.2) is 4.57 Å². The third-order valence-corrected chi connectivity index (χ3v) is 1.78. The molecule has 66 valence electrons. The van der Waals surface area contributed by atoms with Crippen LogP contribution >= 0.6 is 0 Å². The Bertz CT molecular complexity index is 343. The molecule has 0 unspecified atom stereocenters. The SMILES string of the molecule is Cc1cc(=O)cc(C(F)F)n1C. The lowest BCUT2D eigenvalue weighted by Gasteiger charge is -2.09. The fourth-order valence-corrected chi connectivity index (χ4v) is 1.000. The van der Waals surface area contributed by atoms with Crippen molar-refractivity contribution in [2.24, 2.45) is 7.05 Å². The summed E-state index contributed by atoms with van der Waals surface area (Å²) < 4.78 is 25.8. The maximum absolute atomic E-state index is 12.2. The van der Waals surface area contributed by atoms with Crippen LogP contribution in [0.3, 0.4) is 0 Å². The molecule has 0 aliphatic heterocycles. The summed E-state index contributed by atoms with van der Waals surface area (Å²) in [4.78, 5) is 10.8. The summed E-state index contributed by atoms with van der Waals surface area (Å²) >= 11 is 0. The average molecular weight is 173 g/mol. The summed E-state index contributed by atoms with van der Waals surface area (Å²) in [6.45, 7) is 1.62. The molecule has 0 saturated heterocycles. The molecule has 12 heavy (non-hydrogen) atoms. The highest BCUT2D eigenvalue weighted by Crippen LogP contribution is 2.16. The first-order valence-corrected chi connectivity index (χ1v) is 3.48. The Morgan fingerprint density at radius 3 is 2.50 bits per heavy atom. The Labute approximate surface area is 68.4 Å². The lowest BCUT2D eigenvalue weighted by atomic mass is 10.3. The van der Waals surface area contributed by atoms with Gasteiger partial charge >= 0.3 is 0 Å². The molecule has 0 saturated carbocycles. The first kappa shape index (κ1) is 8.90. The summed E-state index contributed by atoms with van der Waals surface area (Å²) in [5.41, 5.74) is -0.0706. The zero-order valence-electron chi connectivity index (χ0n) is 6.84. The third kappa shape index (κ3) is 1.52. The van der Waals surface area contributed by atoms with Crippen molar-refractivity contribution in [1.29, 1.82) is 0 Å². The Hall–Kier alpha value is -1.19. The van der Waals surface area contributed by atoms with E-state index >= 15 is 0 Å². The van der Waals surface area contributed by atoms with Gasteiger partial charge in [-0.25, -0.2) is 8.78 Å². The van der Waals surface area contributed by atoms with Gasteiger partial charge in [0.05, 0.1) is 5.69 Å². The topological polar surface area (TPSA) is 22.0 Å². The molecule has 0 atom stereocenters. The zero-order valence-corrected chi connectivity index (χ0v) is 6.84. The molecule has 2 nitrogen and oxygen atoms in total. The number of aromatic nitrogens is 1. The second-order valence-electron chi connectivity index (χ2n) is 2.62. The van der Waals surface area contributed by atoms with E-state index in [9.17, 15) is 13.6 Å². The molecule has 0 spiro atoms. The van der Waals surface area contributed by atoms with Crippen LogP contribution in [0.4, 0.5) is 8.78 Å². The minimum atomic E-state index is -2.59. The lowest BCUT2D eigenvalue weighted by molar-refractivity contribution is 0.141. The van der Waals surface area contributed by atoms with Crippen molar-refractivity contribution < 1.29 is 8.78 Å². The Morgan fingerprint density at radius 2 is 2.00 bits per heavy atom. The van der Waals surface area contributed by atoms with Gasteiger partial charge in [-0.1, -0.05) is 0 Å². The summed E-state index contributed by atoms with van der Waals surface area (Å²) in [6.07, 6.45) is -2.59. The van der Waals surface area contributed by atoms with E-state index in [4.69, 9.17) is 0 Å². The number of hydrogen-bond acceptors (Lipinski definition) is 1. The van der Waals surface area contributed by atoms with Gasteiger partial charge in [0.1, 0.15) is 0 Å². The van der Waals surface area contributed by atoms with Crippen LogP contribution < -0.4 is 5.43 Å².